The maximum absolute atomic E-state index is 5.09. The summed E-state index contributed by atoms with van der Waals surface area (Å²) < 4.78 is 0. The lowest BCUT2D eigenvalue weighted by molar-refractivity contribution is 0.239. The van der Waals surface area contributed by atoms with Gasteiger partial charge in [0, 0.05) is 11.8 Å². The molecule has 0 atom stereocenters. The minimum absolute atomic E-state index is 0.880. The molecule has 2 aromatic rings. The van der Waals surface area contributed by atoms with Gasteiger partial charge in [-0.15, -0.1) is 10.2 Å². The van der Waals surface area contributed by atoms with Gasteiger partial charge in [0.2, 0.25) is 0 Å². The fraction of sp³-hybridized carbons (Fsp3) is 0. The summed E-state index contributed by atoms with van der Waals surface area (Å²) >= 11 is 0. The van der Waals surface area contributed by atoms with Crippen molar-refractivity contribution >= 4 is 6.08 Å². The minimum atomic E-state index is 0.880. The van der Waals surface area contributed by atoms with Crippen LogP contribution >= 0.6 is 0 Å². The van der Waals surface area contributed by atoms with Crippen molar-refractivity contribution in [3.63, 3.8) is 0 Å². The maximum atomic E-state index is 5.09. The van der Waals surface area contributed by atoms with Crippen LogP contribution in [0.4, 0.5) is 0 Å². The van der Waals surface area contributed by atoms with Crippen molar-refractivity contribution in [3.05, 3.63) is 54.5 Å². The van der Waals surface area contributed by atoms with Gasteiger partial charge in [0.15, 0.2) is 5.75 Å². The van der Waals surface area contributed by atoms with Crippen LogP contribution in [0.25, 0.3) is 6.08 Å². The Labute approximate surface area is 92.7 Å². The molecule has 5 nitrogen and oxygen atoms in total. The van der Waals surface area contributed by atoms with Crippen molar-refractivity contribution in [2.75, 3.05) is 0 Å². The second-order valence-electron chi connectivity index (χ2n) is 2.90. The number of aromatic nitrogens is 3. The third kappa shape index (κ3) is 2.78. The topological polar surface area (TPSA) is 59.9 Å². The Kier molecular flexibility index (Phi) is 3.44. The molecule has 1 aliphatic rings. The Bertz CT molecular complexity index is 432. The van der Waals surface area contributed by atoms with Crippen molar-refractivity contribution in [1.29, 1.82) is 0 Å². The number of hydrogen-bond acceptors (Lipinski definition) is 5. The molecule has 2 heterocycles. The van der Waals surface area contributed by atoms with Gasteiger partial charge in [-0.25, -0.2) is 5.48 Å². The second-order valence-corrected chi connectivity index (χ2v) is 2.90. The Balaban J connectivity index is 0.000000138. The maximum Gasteiger partial charge on any atom is 0.162 e. The molecule has 0 radical (unpaired) electrons. The van der Waals surface area contributed by atoms with E-state index in [0.717, 1.165) is 11.3 Å². The number of benzene rings is 1. The molecule has 0 spiro atoms. The van der Waals surface area contributed by atoms with E-state index in [2.05, 4.69) is 20.9 Å². The van der Waals surface area contributed by atoms with Crippen molar-refractivity contribution in [2.45, 2.75) is 0 Å². The average Bonchev–Trinajstić information content (AvgIpc) is 2.42. The molecule has 0 aliphatic carbocycles. The number of fused-ring (bicyclic) bond motifs is 1. The number of hydrogen-bond donors (Lipinski definition) is 1. The highest BCUT2D eigenvalue weighted by atomic mass is 16.6. The lowest BCUT2D eigenvalue weighted by Gasteiger charge is -2.11. The third-order valence-electron chi connectivity index (χ3n) is 1.83. The van der Waals surface area contributed by atoms with Crippen LogP contribution in [0.1, 0.15) is 5.56 Å². The number of para-hydroxylation sites is 1. The second kappa shape index (κ2) is 5.45. The lowest BCUT2D eigenvalue weighted by atomic mass is 10.2. The summed E-state index contributed by atoms with van der Waals surface area (Å²) in [6.45, 7) is 0. The summed E-state index contributed by atoms with van der Waals surface area (Å²) in [6, 6.07) is 9.57. The van der Waals surface area contributed by atoms with Crippen molar-refractivity contribution in [3.8, 4) is 5.75 Å². The number of rotatable bonds is 0. The van der Waals surface area contributed by atoms with Crippen LogP contribution in [0.2, 0.25) is 0 Å². The molecule has 16 heavy (non-hydrogen) atoms. The van der Waals surface area contributed by atoms with Crippen LogP contribution in [0.5, 0.6) is 5.75 Å². The molecule has 0 fully saturated rings. The molecular weight excluding hydrogens is 204 g/mol. The highest BCUT2D eigenvalue weighted by molar-refractivity contribution is 5.57. The van der Waals surface area contributed by atoms with Crippen molar-refractivity contribution in [1.82, 2.24) is 20.9 Å². The summed E-state index contributed by atoms with van der Waals surface area (Å²) in [7, 11) is 0. The van der Waals surface area contributed by atoms with Crippen LogP contribution in [0.15, 0.2) is 48.9 Å². The van der Waals surface area contributed by atoms with Crippen LogP contribution in [0, 0.1) is 0 Å². The largest absolute Gasteiger partial charge is 0.382 e. The summed E-state index contributed by atoms with van der Waals surface area (Å²) in [4.78, 5) is 5.09. The fourth-order valence-corrected chi connectivity index (χ4v) is 1.14. The van der Waals surface area contributed by atoms with E-state index in [0.29, 0.717) is 0 Å². The molecule has 80 valence electrons. The molecule has 0 saturated carbocycles. The normalized spacial score (nSPS) is 11.2. The Hall–Kier alpha value is -2.43. The Morgan fingerprint density at radius 2 is 1.81 bits per heavy atom. The molecule has 1 N–H and O–H groups in total. The van der Waals surface area contributed by atoms with Gasteiger partial charge in [0.1, 0.15) is 0 Å². The van der Waals surface area contributed by atoms with Gasteiger partial charge in [-0.05, 0) is 23.4 Å². The van der Waals surface area contributed by atoms with Crippen molar-refractivity contribution < 1.29 is 4.84 Å². The van der Waals surface area contributed by atoms with Gasteiger partial charge in [-0.3, -0.25) is 0 Å². The molecule has 0 bridgehead atoms. The van der Waals surface area contributed by atoms with Gasteiger partial charge in [0.05, 0.1) is 12.4 Å². The van der Waals surface area contributed by atoms with Crippen LogP contribution < -0.4 is 10.3 Å². The highest BCUT2D eigenvalue weighted by Gasteiger charge is 2.01. The predicted octanol–water partition coefficient (Wildman–Crippen LogP) is 1.43. The van der Waals surface area contributed by atoms with E-state index in [1.54, 1.807) is 24.7 Å². The monoisotopic (exact) mass is 214 g/mol. The standard InChI is InChI=1S/C8H7NO.C3H3N3/c1-2-4-8-7(3-1)5-6-9-10-8;1-2-4-6-5-3-1/h1-6,9H;1-3H. The van der Waals surface area contributed by atoms with E-state index in [1.165, 1.54) is 0 Å². The SMILES string of the molecule is C1=Cc2ccccc2ON1.c1cnnnc1. The number of nitrogens with zero attached hydrogens (tertiary/aromatic N) is 3. The number of nitrogens with one attached hydrogen (secondary N) is 1. The van der Waals surface area contributed by atoms with Crippen LogP contribution in [-0.4, -0.2) is 15.4 Å². The molecule has 1 aromatic carbocycles. The number of hydroxylamine groups is 1. The lowest BCUT2D eigenvalue weighted by Crippen LogP contribution is -2.13. The zero-order valence-corrected chi connectivity index (χ0v) is 8.45. The summed E-state index contributed by atoms with van der Waals surface area (Å²) in [5, 5.41) is 10.1. The van der Waals surface area contributed by atoms with Gasteiger partial charge in [-0.2, -0.15) is 0 Å². The van der Waals surface area contributed by atoms with Gasteiger partial charge >= 0.3 is 0 Å². The summed E-state index contributed by atoms with van der Waals surface area (Å²) in [5.74, 6) is 0.880. The van der Waals surface area contributed by atoms with E-state index in [4.69, 9.17) is 4.84 Å². The zero-order chi connectivity index (χ0) is 11.1. The molecule has 0 unspecified atom stereocenters. The van der Waals surface area contributed by atoms with Crippen LogP contribution in [0.3, 0.4) is 0 Å². The van der Waals surface area contributed by atoms with Gasteiger partial charge in [0.25, 0.3) is 0 Å². The van der Waals surface area contributed by atoms with E-state index >= 15 is 0 Å². The smallest absolute Gasteiger partial charge is 0.162 e. The van der Waals surface area contributed by atoms with Crippen LogP contribution in [-0.2, 0) is 0 Å². The first kappa shape index (κ1) is 10.1. The van der Waals surface area contributed by atoms with E-state index in [9.17, 15) is 0 Å². The van der Waals surface area contributed by atoms with E-state index in [1.807, 2.05) is 30.3 Å². The first-order valence-electron chi connectivity index (χ1n) is 4.73. The Morgan fingerprint density at radius 3 is 2.44 bits per heavy atom. The zero-order valence-electron chi connectivity index (χ0n) is 8.45. The predicted molar refractivity (Wildman–Crippen MR) is 59.1 cm³/mol. The van der Waals surface area contributed by atoms with E-state index < -0.39 is 0 Å². The molecule has 1 aliphatic heterocycles. The third-order valence-corrected chi connectivity index (χ3v) is 1.83. The highest BCUT2D eigenvalue weighted by Crippen LogP contribution is 2.20. The van der Waals surface area contributed by atoms with Gasteiger partial charge < -0.3 is 4.84 Å². The molecule has 0 amide bonds. The molecule has 5 heteroatoms. The molecule has 3 rings (SSSR count). The summed E-state index contributed by atoms with van der Waals surface area (Å²) in [6.07, 6.45) is 6.89. The molecule has 1 aromatic heterocycles. The molecule has 0 saturated heterocycles. The van der Waals surface area contributed by atoms with E-state index in [-0.39, 0.29) is 0 Å². The van der Waals surface area contributed by atoms with Gasteiger partial charge in [-0.1, -0.05) is 18.2 Å². The fourth-order valence-electron chi connectivity index (χ4n) is 1.14. The molecular formula is C11H10N4O. The average molecular weight is 214 g/mol. The first-order valence-corrected chi connectivity index (χ1v) is 4.73. The Morgan fingerprint density at radius 1 is 1.00 bits per heavy atom. The van der Waals surface area contributed by atoms with Crippen molar-refractivity contribution in [2.24, 2.45) is 0 Å². The summed E-state index contributed by atoms with van der Waals surface area (Å²) in [5.41, 5.74) is 3.77. The quantitative estimate of drug-likeness (QED) is 0.718. The minimum Gasteiger partial charge on any atom is -0.382 e. The first-order chi connectivity index (χ1) is 7.97.